The Labute approximate surface area is 142 Å². The Morgan fingerprint density at radius 1 is 1.00 bits per heavy atom. The molecule has 3 heteroatoms. The summed E-state index contributed by atoms with van der Waals surface area (Å²) in [5.41, 5.74) is 6.27. The van der Waals surface area contributed by atoms with Gasteiger partial charge >= 0.3 is 0 Å². The number of benzene rings is 2. The molecule has 2 aromatic carbocycles. The van der Waals surface area contributed by atoms with E-state index in [0.29, 0.717) is 19.3 Å². The number of anilines is 1. The molecule has 3 nitrogen and oxygen atoms in total. The van der Waals surface area contributed by atoms with E-state index in [1.54, 1.807) is 0 Å². The van der Waals surface area contributed by atoms with Gasteiger partial charge in [0, 0.05) is 25.9 Å². The number of carbonyl (C=O) groups excluding carboxylic acids is 1. The minimum absolute atomic E-state index is 0.275. The normalized spacial score (nSPS) is 16.8. The third kappa shape index (κ3) is 2.49. The second-order valence-corrected chi connectivity index (χ2v) is 6.66. The van der Waals surface area contributed by atoms with Gasteiger partial charge in [-0.2, -0.15) is 5.26 Å². The van der Waals surface area contributed by atoms with Crippen molar-refractivity contribution in [2.24, 2.45) is 0 Å². The van der Waals surface area contributed by atoms with E-state index < -0.39 is 0 Å². The van der Waals surface area contributed by atoms with Crippen LogP contribution in [0.5, 0.6) is 0 Å². The minimum Gasteiger partial charge on any atom is -0.370 e. The highest BCUT2D eigenvalue weighted by molar-refractivity contribution is 5.89. The van der Waals surface area contributed by atoms with E-state index >= 15 is 0 Å². The molecule has 2 aromatic rings. The molecular formula is C21H20N2O. The third-order valence-electron chi connectivity index (χ3n) is 5.20. The van der Waals surface area contributed by atoms with E-state index in [0.717, 1.165) is 46.6 Å². The van der Waals surface area contributed by atoms with Crippen LogP contribution in [0.4, 0.5) is 5.69 Å². The van der Waals surface area contributed by atoms with Crippen molar-refractivity contribution in [1.29, 1.82) is 5.26 Å². The second kappa shape index (κ2) is 6.13. The fourth-order valence-corrected chi connectivity index (χ4v) is 4.00. The molecule has 0 unspecified atom stereocenters. The molecule has 0 atom stereocenters. The summed E-state index contributed by atoms with van der Waals surface area (Å²) in [5.74, 6) is 0.275. The molecule has 1 heterocycles. The molecule has 0 amide bonds. The van der Waals surface area contributed by atoms with Gasteiger partial charge in [0.1, 0.15) is 11.9 Å². The quantitative estimate of drug-likeness (QED) is 0.844. The molecule has 0 N–H and O–H groups in total. The zero-order chi connectivity index (χ0) is 16.5. The maximum Gasteiger partial charge on any atom is 0.137 e. The van der Waals surface area contributed by atoms with Crippen molar-refractivity contribution >= 4 is 11.5 Å². The largest absolute Gasteiger partial charge is 0.370 e. The van der Waals surface area contributed by atoms with Crippen LogP contribution in [0, 0.1) is 11.3 Å². The van der Waals surface area contributed by atoms with Crippen molar-refractivity contribution < 1.29 is 4.79 Å². The number of ketones is 1. The molecule has 1 saturated heterocycles. The molecule has 4 rings (SSSR count). The molecule has 120 valence electrons. The molecule has 0 bridgehead atoms. The monoisotopic (exact) mass is 316 g/mol. The van der Waals surface area contributed by atoms with Gasteiger partial charge < -0.3 is 4.90 Å². The SMILES string of the molecule is N#Cc1c(N2CCCC2)cc(-c2ccccc2)c2c1CCC(=O)C2. The van der Waals surface area contributed by atoms with E-state index in [9.17, 15) is 10.1 Å². The summed E-state index contributed by atoms with van der Waals surface area (Å²) >= 11 is 0. The number of rotatable bonds is 2. The summed E-state index contributed by atoms with van der Waals surface area (Å²) < 4.78 is 0. The Hall–Kier alpha value is -2.60. The summed E-state index contributed by atoms with van der Waals surface area (Å²) in [6.45, 7) is 2.03. The maximum absolute atomic E-state index is 12.1. The standard InChI is InChI=1S/C21H20N2O/c22-14-20-17-9-8-16(24)12-19(17)18(15-6-2-1-3-7-15)13-21(20)23-10-4-5-11-23/h1-3,6-7,13H,4-5,8-12H2. The predicted octanol–water partition coefficient (Wildman–Crippen LogP) is 3.88. The summed E-state index contributed by atoms with van der Waals surface area (Å²) in [7, 11) is 0. The molecule has 1 aliphatic heterocycles. The van der Waals surface area contributed by atoms with Gasteiger partial charge in [-0.25, -0.2) is 0 Å². The van der Waals surface area contributed by atoms with E-state index in [-0.39, 0.29) is 5.78 Å². The molecule has 24 heavy (non-hydrogen) atoms. The van der Waals surface area contributed by atoms with Crippen molar-refractivity contribution in [2.75, 3.05) is 18.0 Å². The van der Waals surface area contributed by atoms with Crippen LogP contribution in [0.25, 0.3) is 11.1 Å². The highest BCUT2D eigenvalue weighted by Crippen LogP contribution is 2.39. The van der Waals surface area contributed by atoms with Crippen LogP contribution in [0.1, 0.15) is 36.0 Å². The van der Waals surface area contributed by atoms with Gasteiger partial charge in [0.2, 0.25) is 0 Å². The number of hydrogen-bond donors (Lipinski definition) is 0. The van der Waals surface area contributed by atoms with Crippen LogP contribution in [0.3, 0.4) is 0 Å². The molecule has 0 radical (unpaired) electrons. The fourth-order valence-electron chi connectivity index (χ4n) is 4.00. The van der Waals surface area contributed by atoms with Crippen molar-refractivity contribution in [3.8, 4) is 17.2 Å². The Bertz CT molecular complexity index is 827. The minimum atomic E-state index is 0.275. The molecule has 1 fully saturated rings. The second-order valence-electron chi connectivity index (χ2n) is 6.66. The van der Waals surface area contributed by atoms with E-state index in [4.69, 9.17) is 0 Å². The average Bonchev–Trinajstić information content (AvgIpc) is 3.15. The lowest BCUT2D eigenvalue weighted by atomic mass is 9.82. The van der Waals surface area contributed by atoms with Crippen molar-refractivity contribution in [3.05, 3.63) is 53.1 Å². The molecule has 0 aromatic heterocycles. The van der Waals surface area contributed by atoms with Crippen molar-refractivity contribution in [2.45, 2.75) is 32.1 Å². The van der Waals surface area contributed by atoms with Gasteiger partial charge in [-0.3, -0.25) is 4.79 Å². The zero-order valence-corrected chi connectivity index (χ0v) is 13.7. The van der Waals surface area contributed by atoms with E-state index in [2.05, 4.69) is 29.2 Å². The van der Waals surface area contributed by atoms with Crippen LogP contribution >= 0.6 is 0 Å². The molecular weight excluding hydrogens is 296 g/mol. The van der Waals surface area contributed by atoms with Crippen molar-refractivity contribution in [3.63, 3.8) is 0 Å². The number of nitrogens with zero attached hydrogens (tertiary/aromatic N) is 2. The zero-order valence-electron chi connectivity index (χ0n) is 13.7. The first-order valence-corrected chi connectivity index (χ1v) is 8.69. The Kier molecular flexibility index (Phi) is 3.82. The van der Waals surface area contributed by atoms with Gasteiger partial charge in [-0.1, -0.05) is 30.3 Å². The highest BCUT2D eigenvalue weighted by Gasteiger charge is 2.27. The Balaban J connectivity index is 1.96. The summed E-state index contributed by atoms with van der Waals surface area (Å²) in [6.07, 6.45) is 4.06. The molecule has 2 aliphatic rings. The summed E-state index contributed by atoms with van der Waals surface area (Å²) in [5, 5.41) is 9.80. The summed E-state index contributed by atoms with van der Waals surface area (Å²) in [4.78, 5) is 14.4. The van der Waals surface area contributed by atoms with Crippen LogP contribution < -0.4 is 4.90 Å². The van der Waals surface area contributed by atoms with Gasteiger partial charge in [0.15, 0.2) is 0 Å². The van der Waals surface area contributed by atoms with Gasteiger partial charge in [0.05, 0.1) is 11.3 Å². The van der Waals surface area contributed by atoms with Gasteiger partial charge in [-0.15, -0.1) is 0 Å². The topological polar surface area (TPSA) is 44.1 Å². The van der Waals surface area contributed by atoms with Crippen LogP contribution in [0.2, 0.25) is 0 Å². The molecule has 0 saturated carbocycles. The number of Topliss-reactive ketones (excluding diaryl/α,β-unsaturated/α-hetero) is 1. The van der Waals surface area contributed by atoms with Crippen LogP contribution in [0.15, 0.2) is 36.4 Å². The third-order valence-corrected chi connectivity index (χ3v) is 5.20. The average molecular weight is 316 g/mol. The smallest absolute Gasteiger partial charge is 0.137 e. The number of hydrogen-bond acceptors (Lipinski definition) is 3. The lowest BCUT2D eigenvalue weighted by molar-refractivity contribution is -0.118. The van der Waals surface area contributed by atoms with Crippen LogP contribution in [-0.2, 0) is 17.6 Å². The van der Waals surface area contributed by atoms with Crippen LogP contribution in [-0.4, -0.2) is 18.9 Å². The first kappa shape index (κ1) is 15.0. The molecule has 1 aliphatic carbocycles. The molecule has 0 spiro atoms. The Morgan fingerprint density at radius 2 is 1.75 bits per heavy atom. The predicted molar refractivity (Wildman–Crippen MR) is 95.1 cm³/mol. The fraction of sp³-hybridized carbons (Fsp3) is 0.333. The Morgan fingerprint density at radius 3 is 2.46 bits per heavy atom. The highest BCUT2D eigenvalue weighted by atomic mass is 16.1. The lowest BCUT2D eigenvalue weighted by Gasteiger charge is -2.27. The maximum atomic E-state index is 12.1. The van der Waals surface area contributed by atoms with E-state index in [1.165, 1.54) is 12.8 Å². The number of nitriles is 1. The first-order valence-electron chi connectivity index (χ1n) is 8.69. The summed E-state index contributed by atoms with van der Waals surface area (Å²) in [6, 6.07) is 14.8. The number of carbonyl (C=O) groups is 1. The lowest BCUT2D eigenvalue weighted by Crippen LogP contribution is -2.22. The van der Waals surface area contributed by atoms with Gasteiger partial charge in [-0.05, 0) is 47.6 Å². The first-order chi connectivity index (χ1) is 11.8. The number of fused-ring (bicyclic) bond motifs is 1. The van der Waals surface area contributed by atoms with Gasteiger partial charge in [0.25, 0.3) is 0 Å². The van der Waals surface area contributed by atoms with E-state index in [1.807, 2.05) is 18.2 Å². The van der Waals surface area contributed by atoms with Crippen molar-refractivity contribution in [1.82, 2.24) is 0 Å².